The molecule has 2 aromatic rings. The first-order valence-electron chi connectivity index (χ1n) is 9.21. The van der Waals surface area contributed by atoms with Crippen LogP contribution in [0.4, 0.5) is 10.1 Å². The Morgan fingerprint density at radius 2 is 1.82 bits per heavy atom. The van der Waals surface area contributed by atoms with E-state index in [9.17, 15) is 17.6 Å². The minimum absolute atomic E-state index is 0.127. The fourth-order valence-electron chi connectivity index (χ4n) is 3.12. The van der Waals surface area contributed by atoms with Gasteiger partial charge >= 0.3 is 0 Å². The number of sulfonamides is 1. The minimum atomic E-state index is -3.95. The predicted octanol–water partition coefficient (Wildman–Crippen LogP) is 2.71. The maximum absolute atomic E-state index is 13.7. The summed E-state index contributed by atoms with van der Waals surface area (Å²) in [6.07, 6.45) is 0. The number of amides is 1. The van der Waals surface area contributed by atoms with Gasteiger partial charge in [0.25, 0.3) is 15.9 Å². The Labute approximate surface area is 165 Å². The van der Waals surface area contributed by atoms with Crippen molar-refractivity contribution in [3.63, 3.8) is 0 Å². The molecule has 1 heterocycles. The molecule has 0 spiro atoms. The molecule has 0 aliphatic carbocycles. The van der Waals surface area contributed by atoms with E-state index in [-0.39, 0.29) is 16.5 Å². The molecule has 3 rings (SSSR count). The van der Waals surface area contributed by atoms with E-state index >= 15 is 0 Å². The lowest BCUT2D eigenvalue weighted by molar-refractivity contribution is 0.0643. The summed E-state index contributed by atoms with van der Waals surface area (Å²) in [4.78, 5) is 16.6. The van der Waals surface area contributed by atoms with E-state index in [1.54, 1.807) is 30.0 Å². The molecule has 0 aromatic heterocycles. The summed E-state index contributed by atoms with van der Waals surface area (Å²) in [5.74, 6) is -0.712. The molecule has 8 heteroatoms. The number of piperazine rings is 1. The van der Waals surface area contributed by atoms with E-state index < -0.39 is 15.8 Å². The lowest BCUT2D eigenvalue weighted by Gasteiger charge is -2.34. The van der Waals surface area contributed by atoms with Gasteiger partial charge in [0.15, 0.2) is 0 Å². The van der Waals surface area contributed by atoms with Crippen molar-refractivity contribution in [2.75, 3.05) is 37.4 Å². The van der Waals surface area contributed by atoms with Crippen LogP contribution in [0.2, 0.25) is 0 Å². The standard InChI is InChI=1S/C20H24FN3O3S/c1-3-23-9-11-24(12-10-23)20(25)16-5-4-6-17(13-16)22-28(26,27)18-8-7-15(2)19(21)14-18/h4-8,13-14,22H,3,9-12H2,1-2H3. The first kappa shape index (κ1) is 20.3. The van der Waals surface area contributed by atoms with Gasteiger partial charge in [0, 0.05) is 37.4 Å². The van der Waals surface area contributed by atoms with E-state index in [1.807, 2.05) is 0 Å². The fraction of sp³-hybridized carbons (Fsp3) is 0.350. The van der Waals surface area contributed by atoms with Crippen LogP contribution in [0.5, 0.6) is 0 Å². The van der Waals surface area contributed by atoms with Gasteiger partial charge in [-0.05, 0) is 49.4 Å². The number of aryl methyl sites for hydroxylation is 1. The third-order valence-electron chi connectivity index (χ3n) is 4.92. The number of anilines is 1. The van der Waals surface area contributed by atoms with Crippen LogP contribution in [0.3, 0.4) is 0 Å². The van der Waals surface area contributed by atoms with Crippen molar-refractivity contribution < 1.29 is 17.6 Å². The molecule has 1 amide bonds. The van der Waals surface area contributed by atoms with E-state index in [1.165, 1.54) is 18.2 Å². The SMILES string of the molecule is CCN1CCN(C(=O)c2cccc(NS(=O)(=O)c3ccc(C)c(F)c3)c2)CC1. The predicted molar refractivity (Wildman–Crippen MR) is 106 cm³/mol. The number of hydrogen-bond donors (Lipinski definition) is 1. The average Bonchev–Trinajstić information content (AvgIpc) is 2.69. The molecule has 6 nitrogen and oxygen atoms in total. The summed E-state index contributed by atoms with van der Waals surface area (Å²) in [7, 11) is -3.95. The molecule has 1 fully saturated rings. The highest BCUT2D eigenvalue weighted by atomic mass is 32.2. The van der Waals surface area contributed by atoms with E-state index in [0.717, 1.165) is 25.7 Å². The number of benzene rings is 2. The van der Waals surface area contributed by atoms with Crippen LogP contribution in [0.25, 0.3) is 0 Å². The monoisotopic (exact) mass is 405 g/mol. The summed E-state index contributed by atoms with van der Waals surface area (Å²) in [5.41, 5.74) is 1.05. The van der Waals surface area contributed by atoms with E-state index in [2.05, 4.69) is 16.5 Å². The smallest absolute Gasteiger partial charge is 0.261 e. The highest BCUT2D eigenvalue weighted by Gasteiger charge is 2.22. The zero-order valence-corrected chi connectivity index (χ0v) is 16.8. The molecule has 1 saturated heterocycles. The summed E-state index contributed by atoms with van der Waals surface area (Å²) in [5, 5.41) is 0. The number of carbonyl (C=O) groups is 1. The molecule has 150 valence electrons. The van der Waals surface area contributed by atoms with Gasteiger partial charge in [-0.2, -0.15) is 0 Å². The fourth-order valence-corrected chi connectivity index (χ4v) is 4.18. The van der Waals surface area contributed by atoms with Crippen LogP contribution in [-0.2, 0) is 10.0 Å². The molecule has 2 aromatic carbocycles. The molecule has 0 unspecified atom stereocenters. The number of hydrogen-bond acceptors (Lipinski definition) is 4. The van der Waals surface area contributed by atoms with Crippen molar-refractivity contribution in [2.45, 2.75) is 18.7 Å². The van der Waals surface area contributed by atoms with Crippen LogP contribution in [-0.4, -0.2) is 56.8 Å². The van der Waals surface area contributed by atoms with Gasteiger partial charge in [0.05, 0.1) is 4.90 Å². The summed E-state index contributed by atoms with van der Waals surface area (Å²) >= 11 is 0. The number of halogens is 1. The lowest BCUT2D eigenvalue weighted by atomic mass is 10.1. The number of nitrogens with one attached hydrogen (secondary N) is 1. The Bertz CT molecular complexity index is 970. The van der Waals surface area contributed by atoms with Crippen LogP contribution in [0.15, 0.2) is 47.4 Å². The number of rotatable bonds is 5. The third-order valence-corrected chi connectivity index (χ3v) is 6.30. The van der Waals surface area contributed by atoms with Gasteiger partial charge in [-0.15, -0.1) is 0 Å². The Morgan fingerprint density at radius 3 is 2.46 bits per heavy atom. The molecule has 0 atom stereocenters. The van der Waals surface area contributed by atoms with Crippen molar-refractivity contribution in [3.05, 3.63) is 59.4 Å². The molecule has 28 heavy (non-hydrogen) atoms. The van der Waals surface area contributed by atoms with Crippen LogP contribution >= 0.6 is 0 Å². The van der Waals surface area contributed by atoms with Gasteiger partial charge in [-0.1, -0.05) is 19.1 Å². The average molecular weight is 405 g/mol. The zero-order chi connectivity index (χ0) is 20.3. The van der Waals surface area contributed by atoms with E-state index in [0.29, 0.717) is 24.2 Å². The normalized spacial score (nSPS) is 15.5. The van der Waals surface area contributed by atoms with Gasteiger partial charge in [-0.25, -0.2) is 12.8 Å². The first-order valence-corrected chi connectivity index (χ1v) is 10.7. The maximum atomic E-state index is 13.7. The first-order chi connectivity index (χ1) is 13.3. The Hall–Kier alpha value is -2.45. The van der Waals surface area contributed by atoms with E-state index in [4.69, 9.17) is 0 Å². The quantitative estimate of drug-likeness (QED) is 0.831. The highest BCUT2D eigenvalue weighted by molar-refractivity contribution is 7.92. The second-order valence-electron chi connectivity index (χ2n) is 6.82. The molecule has 0 bridgehead atoms. The van der Waals surface area contributed by atoms with Crippen LogP contribution < -0.4 is 4.72 Å². The highest BCUT2D eigenvalue weighted by Crippen LogP contribution is 2.20. The van der Waals surface area contributed by atoms with Crippen molar-refractivity contribution in [2.24, 2.45) is 0 Å². The Kier molecular flexibility index (Phi) is 6.00. The minimum Gasteiger partial charge on any atom is -0.336 e. The van der Waals surface area contributed by atoms with Crippen molar-refractivity contribution in [1.29, 1.82) is 0 Å². The topological polar surface area (TPSA) is 69.7 Å². The largest absolute Gasteiger partial charge is 0.336 e. The maximum Gasteiger partial charge on any atom is 0.261 e. The second kappa shape index (κ2) is 8.28. The molecule has 1 aliphatic rings. The Morgan fingerprint density at radius 1 is 1.11 bits per heavy atom. The molecule has 1 N–H and O–H groups in total. The number of carbonyl (C=O) groups excluding carboxylic acids is 1. The summed E-state index contributed by atoms with van der Waals surface area (Å²) < 4.78 is 41.2. The second-order valence-corrected chi connectivity index (χ2v) is 8.51. The van der Waals surface area contributed by atoms with Crippen molar-refractivity contribution in [1.82, 2.24) is 9.80 Å². The van der Waals surface area contributed by atoms with Gasteiger partial charge in [0.2, 0.25) is 0 Å². The van der Waals surface area contributed by atoms with Crippen LogP contribution in [0.1, 0.15) is 22.8 Å². The van der Waals surface area contributed by atoms with Crippen molar-refractivity contribution in [3.8, 4) is 0 Å². The summed E-state index contributed by atoms with van der Waals surface area (Å²) in [6, 6.07) is 10.1. The van der Waals surface area contributed by atoms with Gasteiger partial charge in [0.1, 0.15) is 5.82 Å². The third kappa shape index (κ3) is 4.51. The van der Waals surface area contributed by atoms with Crippen molar-refractivity contribution >= 4 is 21.6 Å². The van der Waals surface area contributed by atoms with Gasteiger partial charge in [-0.3, -0.25) is 9.52 Å². The Balaban J connectivity index is 1.76. The number of nitrogens with zero attached hydrogens (tertiary/aromatic N) is 2. The lowest BCUT2D eigenvalue weighted by Crippen LogP contribution is -2.48. The number of likely N-dealkylation sites (N-methyl/N-ethyl adjacent to an activating group) is 1. The molecule has 0 radical (unpaired) electrons. The molecular weight excluding hydrogens is 381 g/mol. The zero-order valence-electron chi connectivity index (χ0n) is 16.0. The van der Waals surface area contributed by atoms with Gasteiger partial charge < -0.3 is 9.80 Å². The molecular formula is C20H24FN3O3S. The van der Waals surface area contributed by atoms with Crippen LogP contribution in [0, 0.1) is 12.7 Å². The summed E-state index contributed by atoms with van der Waals surface area (Å²) in [6.45, 7) is 7.55. The molecule has 1 aliphatic heterocycles. The molecule has 0 saturated carbocycles.